The molecule has 1 saturated heterocycles. The molecule has 0 radical (unpaired) electrons. The summed E-state index contributed by atoms with van der Waals surface area (Å²) >= 11 is 13.0. The molecule has 4 aromatic rings. The van der Waals surface area contributed by atoms with Crippen molar-refractivity contribution in [2.75, 3.05) is 11.9 Å². The molecule has 2 N–H and O–H groups in total. The lowest BCUT2D eigenvalue weighted by Crippen LogP contribution is -2.27. The highest BCUT2D eigenvalue weighted by atomic mass is 35.5. The third-order valence-corrected chi connectivity index (χ3v) is 6.26. The Labute approximate surface area is 194 Å². The van der Waals surface area contributed by atoms with Gasteiger partial charge in [0.15, 0.2) is 5.65 Å². The molecule has 1 fully saturated rings. The standard InChI is InChI=1S/C23H21Cl2FN6/c24-16-7-3-8-17(25)20(16)22-30-19-12-29-23(28-11-14-5-1-2-9-18(14)26)31-21(19)32(22)13-15-6-4-10-27-15/h1-3,5,7-9,12,15,27H,4,6,10-11,13H2,(H,28,29,31). The van der Waals surface area contributed by atoms with E-state index in [1.165, 1.54) is 6.07 Å². The van der Waals surface area contributed by atoms with Gasteiger partial charge < -0.3 is 15.2 Å². The summed E-state index contributed by atoms with van der Waals surface area (Å²) in [6.07, 6.45) is 3.86. The molecule has 5 rings (SSSR count). The summed E-state index contributed by atoms with van der Waals surface area (Å²) in [5, 5.41) is 7.69. The van der Waals surface area contributed by atoms with Crippen LogP contribution in [0.4, 0.5) is 10.3 Å². The lowest BCUT2D eigenvalue weighted by atomic mass is 10.2. The second-order valence-corrected chi connectivity index (χ2v) is 8.60. The van der Waals surface area contributed by atoms with Crippen molar-refractivity contribution in [3.8, 4) is 11.4 Å². The van der Waals surface area contributed by atoms with Crippen LogP contribution < -0.4 is 10.6 Å². The van der Waals surface area contributed by atoms with Crippen molar-refractivity contribution in [1.82, 2.24) is 24.8 Å². The monoisotopic (exact) mass is 470 g/mol. The van der Waals surface area contributed by atoms with Gasteiger partial charge in [-0.1, -0.05) is 47.5 Å². The average Bonchev–Trinajstić information content (AvgIpc) is 3.42. The number of benzene rings is 2. The molecule has 1 atom stereocenters. The van der Waals surface area contributed by atoms with E-state index >= 15 is 0 Å². The van der Waals surface area contributed by atoms with Gasteiger partial charge in [0.2, 0.25) is 5.95 Å². The first-order valence-electron chi connectivity index (χ1n) is 10.5. The number of nitrogens with zero attached hydrogens (tertiary/aromatic N) is 4. The molecular formula is C23H21Cl2FN6. The average molecular weight is 471 g/mol. The fourth-order valence-corrected chi connectivity index (χ4v) is 4.59. The summed E-state index contributed by atoms with van der Waals surface area (Å²) in [4.78, 5) is 13.9. The number of nitrogens with one attached hydrogen (secondary N) is 2. The smallest absolute Gasteiger partial charge is 0.225 e. The van der Waals surface area contributed by atoms with Crippen LogP contribution in [0.15, 0.2) is 48.7 Å². The summed E-state index contributed by atoms with van der Waals surface area (Å²) in [6, 6.07) is 12.3. The molecular weight excluding hydrogens is 450 g/mol. The molecule has 32 heavy (non-hydrogen) atoms. The minimum atomic E-state index is -0.269. The minimum Gasteiger partial charge on any atom is -0.350 e. The van der Waals surface area contributed by atoms with E-state index in [9.17, 15) is 4.39 Å². The number of hydrogen-bond donors (Lipinski definition) is 2. The number of hydrogen-bond acceptors (Lipinski definition) is 5. The van der Waals surface area contributed by atoms with Gasteiger partial charge >= 0.3 is 0 Å². The van der Waals surface area contributed by atoms with Gasteiger partial charge in [-0.15, -0.1) is 0 Å². The molecule has 0 aliphatic carbocycles. The van der Waals surface area contributed by atoms with Crippen LogP contribution in [0.1, 0.15) is 18.4 Å². The van der Waals surface area contributed by atoms with Gasteiger partial charge in [0, 0.05) is 24.7 Å². The van der Waals surface area contributed by atoms with E-state index in [0.29, 0.717) is 56.7 Å². The Balaban J connectivity index is 1.55. The number of rotatable bonds is 6. The predicted molar refractivity (Wildman–Crippen MR) is 126 cm³/mol. The maximum atomic E-state index is 14.0. The van der Waals surface area contributed by atoms with Crippen molar-refractivity contribution in [2.45, 2.75) is 32.0 Å². The topological polar surface area (TPSA) is 67.7 Å². The zero-order valence-electron chi connectivity index (χ0n) is 17.2. The third kappa shape index (κ3) is 4.16. The van der Waals surface area contributed by atoms with Gasteiger partial charge in [0.05, 0.1) is 21.8 Å². The fraction of sp³-hybridized carbons (Fsp3) is 0.261. The van der Waals surface area contributed by atoms with E-state index in [0.717, 1.165) is 19.4 Å². The molecule has 0 amide bonds. The van der Waals surface area contributed by atoms with Gasteiger partial charge in [-0.05, 0) is 37.6 Å². The molecule has 164 valence electrons. The predicted octanol–water partition coefficient (Wildman–Crippen LogP) is 5.30. The Morgan fingerprint density at radius 3 is 2.66 bits per heavy atom. The van der Waals surface area contributed by atoms with Crippen LogP contribution in [-0.2, 0) is 13.1 Å². The van der Waals surface area contributed by atoms with Crippen LogP contribution in [-0.4, -0.2) is 32.1 Å². The van der Waals surface area contributed by atoms with Gasteiger partial charge in [-0.2, -0.15) is 4.98 Å². The van der Waals surface area contributed by atoms with Crippen LogP contribution in [0.25, 0.3) is 22.6 Å². The van der Waals surface area contributed by atoms with Crippen LogP contribution >= 0.6 is 23.2 Å². The highest BCUT2D eigenvalue weighted by Gasteiger charge is 2.23. The van der Waals surface area contributed by atoms with E-state index in [4.69, 9.17) is 33.2 Å². The highest BCUT2D eigenvalue weighted by molar-refractivity contribution is 6.39. The highest BCUT2D eigenvalue weighted by Crippen LogP contribution is 2.36. The van der Waals surface area contributed by atoms with Crippen LogP contribution in [0.3, 0.4) is 0 Å². The Morgan fingerprint density at radius 1 is 1.09 bits per heavy atom. The SMILES string of the molecule is Fc1ccccc1CNc1ncc2nc(-c3c(Cl)cccc3Cl)n(CC3CCCN3)c2n1. The first kappa shape index (κ1) is 21.1. The zero-order valence-corrected chi connectivity index (χ0v) is 18.7. The molecule has 3 heterocycles. The van der Waals surface area contributed by atoms with Crippen LogP contribution in [0, 0.1) is 5.82 Å². The summed E-state index contributed by atoms with van der Waals surface area (Å²) in [7, 11) is 0. The second-order valence-electron chi connectivity index (χ2n) is 7.78. The summed E-state index contributed by atoms with van der Waals surface area (Å²) < 4.78 is 16.0. The quantitative estimate of drug-likeness (QED) is 0.399. The van der Waals surface area contributed by atoms with E-state index in [-0.39, 0.29) is 12.4 Å². The van der Waals surface area contributed by atoms with E-state index in [1.807, 2.05) is 10.6 Å². The van der Waals surface area contributed by atoms with Gasteiger partial charge in [-0.3, -0.25) is 0 Å². The van der Waals surface area contributed by atoms with Gasteiger partial charge in [0.25, 0.3) is 0 Å². The Bertz CT molecular complexity index is 1250. The molecule has 6 nitrogen and oxygen atoms in total. The number of aromatic nitrogens is 4. The zero-order chi connectivity index (χ0) is 22.1. The van der Waals surface area contributed by atoms with Gasteiger partial charge in [0.1, 0.15) is 17.2 Å². The maximum Gasteiger partial charge on any atom is 0.225 e. The molecule has 0 spiro atoms. The Kier molecular flexibility index (Phi) is 5.95. The van der Waals surface area contributed by atoms with Crippen molar-refractivity contribution in [3.63, 3.8) is 0 Å². The number of halogens is 3. The lowest BCUT2D eigenvalue weighted by molar-refractivity contribution is 0.518. The van der Waals surface area contributed by atoms with Crippen LogP contribution in [0.2, 0.25) is 10.0 Å². The van der Waals surface area contributed by atoms with Crippen molar-refractivity contribution < 1.29 is 4.39 Å². The molecule has 1 aliphatic rings. The molecule has 1 aliphatic heterocycles. The number of fused-ring (bicyclic) bond motifs is 1. The second kappa shape index (κ2) is 9.02. The fourth-order valence-electron chi connectivity index (χ4n) is 4.03. The molecule has 9 heteroatoms. The van der Waals surface area contributed by atoms with Crippen molar-refractivity contribution in [2.24, 2.45) is 0 Å². The molecule has 2 aromatic carbocycles. The first-order valence-corrected chi connectivity index (χ1v) is 11.2. The largest absolute Gasteiger partial charge is 0.350 e. The molecule has 0 bridgehead atoms. The van der Waals surface area contributed by atoms with E-state index < -0.39 is 0 Å². The van der Waals surface area contributed by atoms with E-state index in [1.54, 1.807) is 36.5 Å². The summed E-state index contributed by atoms with van der Waals surface area (Å²) in [5.74, 6) is 0.789. The molecule has 0 saturated carbocycles. The van der Waals surface area contributed by atoms with Crippen LogP contribution in [0.5, 0.6) is 0 Å². The summed E-state index contributed by atoms with van der Waals surface area (Å²) in [5.41, 5.74) is 2.54. The number of imidazole rings is 1. The van der Waals surface area contributed by atoms with Crippen molar-refractivity contribution >= 4 is 40.3 Å². The third-order valence-electron chi connectivity index (χ3n) is 5.63. The van der Waals surface area contributed by atoms with Crippen molar-refractivity contribution in [1.29, 1.82) is 0 Å². The van der Waals surface area contributed by atoms with E-state index in [2.05, 4.69) is 15.6 Å². The molecule has 2 aromatic heterocycles. The number of anilines is 1. The summed E-state index contributed by atoms with van der Waals surface area (Å²) in [6.45, 7) is 1.95. The lowest BCUT2D eigenvalue weighted by Gasteiger charge is -2.16. The first-order chi connectivity index (χ1) is 15.6. The normalized spacial score (nSPS) is 16.0. The maximum absolute atomic E-state index is 14.0. The molecule has 1 unspecified atom stereocenters. The Morgan fingerprint density at radius 2 is 1.91 bits per heavy atom. The minimum absolute atomic E-state index is 0.269. The van der Waals surface area contributed by atoms with Gasteiger partial charge in [-0.25, -0.2) is 14.4 Å². The Hall–Kier alpha value is -2.74. The van der Waals surface area contributed by atoms with Crippen molar-refractivity contribution in [3.05, 3.63) is 70.1 Å².